The van der Waals surface area contributed by atoms with Crippen molar-refractivity contribution in [2.24, 2.45) is 0 Å². The molecule has 1 aliphatic carbocycles. The SMILES string of the molecule is C[C@@]1(c2cccc(Br)c2)NC(=O)N(CC(=O)NC2CCCC2)C1=O. The van der Waals surface area contributed by atoms with Crippen LogP contribution in [0.4, 0.5) is 4.79 Å². The molecule has 0 spiro atoms. The van der Waals surface area contributed by atoms with Crippen molar-refractivity contribution in [1.82, 2.24) is 15.5 Å². The van der Waals surface area contributed by atoms with Gasteiger partial charge < -0.3 is 10.6 Å². The van der Waals surface area contributed by atoms with Crippen molar-refractivity contribution in [1.29, 1.82) is 0 Å². The van der Waals surface area contributed by atoms with Gasteiger partial charge >= 0.3 is 6.03 Å². The van der Waals surface area contributed by atoms with E-state index in [1.807, 2.05) is 6.07 Å². The second kappa shape index (κ2) is 6.55. The van der Waals surface area contributed by atoms with Crippen LogP contribution in [0.25, 0.3) is 0 Å². The van der Waals surface area contributed by atoms with Crippen molar-refractivity contribution in [2.75, 3.05) is 6.54 Å². The fraction of sp³-hybridized carbons (Fsp3) is 0.471. The van der Waals surface area contributed by atoms with Gasteiger partial charge in [-0.05, 0) is 37.5 Å². The van der Waals surface area contributed by atoms with Crippen LogP contribution in [0.2, 0.25) is 0 Å². The van der Waals surface area contributed by atoms with Crippen molar-refractivity contribution in [3.63, 3.8) is 0 Å². The molecule has 1 aromatic rings. The van der Waals surface area contributed by atoms with E-state index in [0.717, 1.165) is 35.1 Å². The van der Waals surface area contributed by atoms with Gasteiger partial charge in [-0.1, -0.05) is 40.9 Å². The average molecular weight is 394 g/mol. The number of amides is 4. The molecule has 4 amide bonds. The smallest absolute Gasteiger partial charge is 0.325 e. The van der Waals surface area contributed by atoms with Gasteiger partial charge in [0, 0.05) is 10.5 Å². The van der Waals surface area contributed by atoms with E-state index >= 15 is 0 Å². The Kier molecular flexibility index (Phi) is 4.62. The van der Waals surface area contributed by atoms with Crippen LogP contribution in [0, 0.1) is 0 Å². The predicted octanol–water partition coefficient (Wildman–Crippen LogP) is 2.27. The summed E-state index contributed by atoms with van der Waals surface area (Å²) in [6, 6.07) is 6.85. The van der Waals surface area contributed by atoms with Gasteiger partial charge in [-0.3, -0.25) is 14.5 Å². The highest BCUT2D eigenvalue weighted by atomic mass is 79.9. The molecule has 7 heteroatoms. The van der Waals surface area contributed by atoms with Crippen LogP contribution < -0.4 is 10.6 Å². The summed E-state index contributed by atoms with van der Waals surface area (Å²) >= 11 is 3.37. The van der Waals surface area contributed by atoms with E-state index < -0.39 is 17.5 Å². The van der Waals surface area contributed by atoms with Gasteiger partial charge in [-0.2, -0.15) is 0 Å². The van der Waals surface area contributed by atoms with Gasteiger partial charge in [0.25, 0.3) is 5.91 Å². The number of carbonyl (C=O) groups excluding carboxylic acids is 3. The fourth-order valence-electron chi connectivity index (χ4n) is 3.32. The number of rotatable bonds is 4. The van der Waals surface area contributed by atoms with Crippen molar-refractivity contribution in [3.8, 4) is 0 Å². The number of nitrogens with zero attached hydrogens (tertiary/aromatic N) is 1. The lowest BCUT2D eigenvalue weighted by atomic mass is 9.92. The molecule has 6 nitrogen and oxygen atoms in total. The molecular formula is C17H20BrN3O3. The summed E-state index contributed by atoms with van der Waals surface area (Å²) in [5, 5.41) is 5.61. The minimum Gasteiger partial charge on any atom is -0.352 e. The Labute approximate surface area is 149 Å². The molecular weight excluding hydrogens is 374 g/mol. The van der Waals surface area contributed by atoms with Gasteiger partial charge in [0.05, 0.1) is 0 Å². The Morgan fingerprint density at radius 3 is 2.75 bits per heavy atom. The molecule has 24 heavy (non-hydrogen) atoms. The van der Waals surface area contributed by atoms with Crippen molar-refractivity contribution in [2.45, 2.75) is 44.2 Å². The number of halogens is 1. The number of urea groups is 1. The summed E-state index contributed by atoms with van der Waals surface area (Å²) in [5.41, 5.74) is -0.483. The summed E-state index contributed by atoms with van der Waals surface area (Å²) in [7, 11) is 0. The molecule has 0 bridgehead atoms. The van der Waals surface area contributed by atoms with Crippen LogP contribution in [0.15, 0.2) is 28.7 Å². The molecule has 1 aliphatic heterocycles. The molecule has 3 rings (SSSR count). The van der Waals surface area contributed by atoms with E-state index in [9.17, 15) is 14.4 Å². The van der Waals surface area contributed by atoms with Crippen LogP contribution in [-0.2, 0) is 15.1 Å². The highest BCUT2D eigenvalue weighted by molar-refractivity contribution is 9.10. The minimum absolute atomic E-state index is 0.162. The monoisotopic (exact) mass is 393 g/mol. The molecule has 2 N–H and O–H groups in total. The quantitative estimate of drug-likeness (QED) is 0.770. The standard InChI is InChI=1S/C17H20BrN3O3/c1-17(11-5-4-6-12(18)9-11)15(23)21(16(24)20-17)10-14(22)19-13-7-2-3-8-13/h4-6,9,13H,2-3,7-8,10H2,1H3,(H,19,22)(H,20,24)/t17-/m0/s1. The van der Waals surface area contributed by atoms with E-state index in [0.29, 0.717) is 5.56 Å². The summed E-state index contributed by atoms with van der Waals surface area (Å²) in [6.45, 7) is 1.41. The second-order valence-corrected chi connectivity index (χ2v) is 7.42. The molecule has 1 heterocycles. The largest absolute Gasteiger partial charge is 0.352 e. The minimum atomic E-state index is -1.16. The number of nitrogens with one attached hydrogen (secondary N) is 2. The Bertz CT molecular complexity index is 687. The molecule has 1 atom stereocenters. The van der Waals surface area contributed by atoms with Gasteiger partial charge in [-0.15, -0.1) is 0 Å². The maximum atomic E-state index is 12.8. The molecule has 1 aromatic carbocycles. The van der Waals surface area contributed by atoms with Crippen LogP contribution in [0.1, 0.15) is 38.2 Å². The first-order valence-corrected chi connectivity index (χ1v) is 8.89. The molecule has 2 fully saturated rings. The predicted molar refractivity (Wildman–Crippen MR) is 92.1 cm³/mol. The third-order valence-electron chi connectivity index (χ3n) is 4.70. The van der Waals surface area contributed by atoms with E-state index in [1.165, 1.54) is 0 Å². The van der Waals surface area contributed by atoms with Gasteiger partial charge in [0.1, 0.15) is 12.1 Å². The van der Waals surface area contributed by atoms with E-state index in [1.54, 1.807) is 25.1 Å². The summed E-state index contributed by atoms with van der Waals surface area (Å²) < 4.78 is 0.820. The van der Waals surface area contributed by atoms with Gasteiger partial charge in [0.2, 0.25) is 5.91 Å². The van der Waals surface area contributed by atoms with Crippen LogP contribution in [0.5, 0.6) is 0 Å². The first kappa shape index (κ1) is 17.0. The molecule has 1 saturated carbocycles. The van der Waals surface area contributed by atoms with E-state index in [4.69, 9.17) is 0 Å². The number of imide groups is 1. The number of hydrogen-bond donors (Lipinski definition) is 2. The Morgan fingerprint density at radius 1 is 1.38 bits per heavy atom. The Hall–Kier alpha value is -1.89. The Morgan fingerprint density at radius 2 is 2.08 bits per heavy atom. The fourth-order valence-corrected chi connectivity index (χ4v) is 3.72. The normalized spacial score (nSPS) is 24.3. The molecule has 0 unspecified atom stereocenters. The lowest BCUT2D eigenvalue weighted by Crippen LogP contribution is -2.45. The molecule has 1 saturated heterocycles. The van der Waals surface area contributed by atoms with Crippen molar-refractivity contribution >= 4 is 33.8 Å². The van der Waals surface area contributed by atoms with Crippen LogP contribution >= 0.6 is 15.9 Å². The first-order chi connectivity index (χ1) is 11.4. The lowest BCUT2D eigenvalue weighted by Gasteiger charge is -2.22. The molecule has 2 aliphatic rings. The summed E-state index contributed by atoms with van der Waals surface area (Å²) in [4.78, 5) is 38.1. The van der Waals surface area contributed by atoms with Gasteiger partial charge in [-0.25, -0.2) is 4.79 Å². The number of hydrogen-bond acceptors (Lipinski definition) is 3. The topological polar surface area (TPSA) is 78.5 Å². The second-order valence-electron chi connectivity index (χ2n) is 6.51. The van der Waals surface area contributed by atoms with Crippen molar-refractivity contribution in [3.05, 3.63) is 34.3 Å². The lowest BCUT2D eigenvalue weighted by molar-refractivity contribution is -0.135. The van der Waals surface area contributed by atoms with E-state index in [2.05, 4.69) is 26.6 Å². The molecule has 128 valence electrons. The summed E-state index contributed by atoms with van der Waals surface area (Å²) in [5.74, 6) is -0.698. The maximum absolute atomic E-state index is 12.8. The first-order valence-electron chi connectivity index (χ1n) is 8.09. The zero-order chi connectivity index (χ0) is 17.3. The third kappa shape index (κ3) is 3.17. The van der Waals surface area contributed by atoms with Crippen LogP contribution in [-0.4, -0.2) is 35.3 Å². The van der Waals surface area contributed by atoms with Crippen LogP contribution in [0.3, 0.4) is 0 Å². The highest BCUT2D eigenvalue weighted by Crippen LogP contribution is 2.30. The van der Waals surface area contributed by atoms with Gasteiger partial charge in [0.15, 0.2) is 0 Å². The average Bonchev–Trinajstić information content (AvgIpc) is 3.11. The molecule has 0 radical (unpaired) electrons. The maximum Gasteiger partial charge on any atom is 0.325 e. The molecule has 0 aromatic heterocycles. The zero-order valence-corrected chi connectivity index (χ0v) is 15.1. The third-order valence-corrected chi connectivity index (χ3v) is 5.19. The summed E-state index contributed by atoms with van der Waals surface area (Å²) in [6.07, 6.45) is 4.13. The zero-order valence-electron chi connectivity index (χ0n) is 13.5. The number of benzene rings is 1. The number of carbonyl (C=O) groups is 3. The Balaban J connectivity index is 1.72. The van der Waals surface area contributed by atoms with E-state index in [-0.39, 0.29) is 18.5 Å². The highest BCUT2D eigenvalue weighted by Gasteiger charge is 2.49. The van der Waals surface area contributed by atoms with Crippen molar-refractivity contribution < 1.29 is 14.4 Å².